The Hall–Kier alpha value is -2.12. The number of ketones is 1. The molecule has 2 atom stereocenters. The number of pyridine rings is 1. The van der Waals surface area contributed by atoms with Crippen molar-refractivity contribution in [1.29, 1.82) is 0 Å². The van der Waals surface area contributed by atoms with Crippen LogP contribution in [0.4, 0.5) is 19.0 Å². The fourth-order valence-corrected chi connectivity index (χ4v) is 4.06. The van der Waals surface area contributed by atoms with Crippen LogP contribution in [-0.2, 0) is 11.0 Å². The highest BCUT2D eigenvalue weighted by Crippen LogP contribution is 2.35. The molecule has 3 rings (SSSR count). The van der Waals surface area contributed by atoms with Gasteiger partial charge in [0.15, 0.2) is 5.78 Å². The number of hydrogen-bond acceptors (Lipinski definition) is 4. The summed E-state index contributed by atoms with van der Waals surface area (Å²) in [6.45, 7) is 5.19. The first-order chi connectivity index (χ1) is 13.2. The molecule has 2 unspecified atom stereocenters. The average molecular weight is 397 g/mol. The van der Waals surface area contributed by atoms with Crippen molar-refractivity contribution < 1.29 is 22.8 Å². The second-order valence-corrected chi connectivity index (χ2v) is 7.73. The van der Waals surface area contributed by atoms with Crippen LogP contribution < -0.4 is 4.90 Å². The zero-order valence-corrected chi connectivity index (χ0v) is 16.3. The normalized spacial score (nSPS) is 23.4. The van der Waals surface area contributed by atoms with Gasteiger partial charge in [-0.15, -0.1) is 0 Å². The van der Waals surface area contributed by atoms with Crippen LogP contribution in [0.1, 0.15) is 61.9 Å². The fourth-order valence-electron chi connectivity index (χ4n) is 4.06. The minimum absolute atomic E-state index is 0.0440. The van der Waals surface area contributed by atoms with Gasteiger partial charge in [-0.1, -0.05) is 20.3 Å². The number of rotatable bonds is 2. The molecule has 1 saturated heterocycles. The van der Waals surface area contributed by atoms with Crippen molar-refractivity contribution in [3.63, 3.8) is 0 Å². The van der Waals surface area contributed by atoms with Gasteiger partial charge in [-0.25, -0.2) is 4.98 Å². The smallest absolute Gasteiger partial charge is 0.349 e. The molecule has 28 heavy (non-hydrogen) atoms. The maximum atomic E-state index is 13.2. The van der Waals surface area contributed by atoms with Crippen molar-refractivity contribution in [2.75, 3.05) is 24.5 Å². The van der Waals surface area contributed by atoms with Crippen LogP contribution in [0.3, 0.4) is 0 Å². The first kappa shape index (κ1) is 20.6. The highest BCUT2D eigenvalue weighted by Gasteiger charge is 2.37. The lowest BCUT2D eigenvalue weighted by Gasteiger charge is -2.42. The Morgan fingerprint density at radius 2 is 2.04 bits per heavy atom. The van der Waals surface area contributed by atoms with Crippen LogP contribution in [0.15, 0.2) is 12.3 Å². The van der Waals surface area contributed by atoms with Crippen molar-refractivity contribution in [3.8, 4) is 0 Å². The summed E-state index contributed by atoms with van der Waals surface area (Å²) < 4.78 is 39.5. The number of aromatic nitrogens is 1. The molecule has 0 spiro atoms. The van der Waals surface area contributed by atoms with E-state index in [-0.39, 0.29) is 29.2 Å². The third-order valence-electron chi connectivity index (χ3n) is 5.65. The van der Waals surface area contributed by atoms with E-state index in [1.165, 1.54) is 0 Å². The molecule has 1 fully saturated rings. The topological polar surface area (TPSA) is 53.5 Å². The van der Waals surface area contributed by atoms with Crippen molar-refractivity contribution in [2.45, 2.75) is 58.2 Å². The van der Waals surface area contributed by atoms with E-state index in [2.05, 4.69) is 4.98 Å². The largest absolute Gasteiger partial charge is 0.417 e. The molecule has 2 aliphatic rings. The van der Waals surface area contributed by atoms with Crippen molar-refractivity contribution in [3.05, 3.63) is 23.4 Å². The van der Waals surface area contributed by atoms with E-state index in [1.807, 2.05) is 16.7 Å². The van der Waals surface area contributed by atoms with E-state index in [0.29, 0.717) is 38.3 Å². The Kier molecular flexibility index (Phi) is 5.95. The molecule has 5 nitrogen and oxygen atoms in total. The summed E-state index contributed by atoms with van der Waals surface area (Å²) in [4.78, 5) is 33.0. The zero-order valence-electron chi connectivity index (χ0n) is 16.3. The molecule has 2 aliphatic heterocycles. The molecule has 1 amide bonds. The first-order valence-electron chi connectivity index (χ1n) is 9.88. The van der Waals surface area contributed by atoms with Gasteiger partial charge < -0.3 is 9.80 Å². The predicted molar refractivity (Wildman–Crippen MR) is 99.2 cm³/mol. The summed E-state index contributed by atoms with van der Waals surface area (Å²) in [5.74, 6) is -0.228. The van der Waals surface area contributed by atoms with Crippen molar-refractivity contribution in [2.24, 2.45) is 5.92 Å². The van der Waals surface area contributed by atoms with Gasteiger partial charge in [0, 0.05) is 44.2 Å². The number of Topliss-reactive ketones (excluding diaryl/α,β-unsaturated/α-hetero) is 1. The number of carbonyl (C=O) groups is 2. The van der Waals surface area contributed by atoms with Crippen LogP contribution in [0.5, 0.6) is 0 Å². The van der Waals surface area contributed by atoms with Crippen molar-refractivity contribution in [1.82, 2.24) is 9.88 Å². The highest BCUT2D eigenvalue weighted by molar-refractivity contribution is 6.02. The number of piperazine rings is 1. The Morgan fingerprint density at radius 3 is 2.71 bits per heavy atom. The van der Waals surface area contributed by atoms with Crippen LogP contribution in [0.2, 0.25) is 0 Å². The lowest BCUT2D eigenvalue weighted by Crippen LogP contribution is -2.55. The van der Waals surface area contributed by atoms with Crippen LogP contribution >= 0.6 is 0 Å². The molecular formula is C20H26F3N3O2. The predicted octanol–water partition coefficient (Wildman–Crippen LogP) is 3.92. The van der Waals surface area contributed by atoms with E-state index in [4.69, 9.17) is 0 Å². The molecule has 1 aromatic rings. The number of hydrogen-bond donors (Lipinski definition) is 0. The fraction of sp³-hybridized carbons (Fsp3) is 0.650. The van der Waals surface area contributed by atoms with Crippen LogP contribution in [-0.4, -0.2) is 47.3 Å². The van der Waals surface area contributed by atoms with Gasteiger partial charge in [-0.2, -0.15) is 13.2 Å². The van der Waals surface area contributed by atoms with Gasteiger partial charge in [-0.3, -0.25) is 9.59 Å². The third kappa shape index (κ3) is 4.15. The van der Waals surface area contributed by atoms with Gasteiger partial charge in [0.1, 0.15) is 5.82 Å². The molecule has 0 bridgehead atoms. The summed E-state index contributed by atoms with van der Waals surface area (Å²) in [6, 6.07) is 0.897. The van der Waals surface area contributed by atoms with E-state index in [0.717, 1.165) is 31.5 Å². The van der Waals surface area contributed by atoms with Gasteiger partial charge >= 0.3 is 6.18 Å². The Morgan fingerprint density at radius 1 is 1.29 bits per heavy atom. The number of alkyl halides is 3. The molecule has 0 N–H and O–H groups in total. The molecule has 0 aliphatic carbocycles. The Bertz CT molecular complexity index is 751. The average Bonchev–Trinajstić information content (AvgIpc) is 2.70. The van der Waals surface area contributed by atoms with Gasteiger partial charge in [0.2, 0.25) is 5.91 Å². The minimum atomic E-state index is -4.55. The van der Waals surface area contributed by atoms with E-state index in [1.54, 1.807) is 6.92 Å². The molecule has 1 aromatic heterocycles. The highest BCUT2D eigenvalue weighted by atomic mass is 19.4. The summed E-state index contributed by atoms with van der Waals surface area (Å²) in [5.41, 5.74) is -0.859. The maximum Gasteiger partial charge on any atom is 0.417 e. The van der Waals surface area contributed by atoms with E-state index >= 15 is 0 Å². The zero-order chi connectivity index (χ0) is 20.5. The van der Waals surface area contributed by atoms with Gasteiger partial charge in [0.05, 0.1) is 11.1 Å². The molecule has 0 saturated carbocycles. The number of nitrogens with zero attached hydrogens (tertiary/aromatic N) is 3. The van der Waals surface area contributed by atoms with Crippen LogP contribution in [0.25, 0.3) is 0 Å². The van der Waals surface area contributed by atoms with Gasteiger partial charge in [0.25, 0.3) is 0 Å². The minimum Gasteiger partial charge on any atom is -0.349 e. The van der Waals surface area contributed by atoms with Gasteiger partial charge in [-0.05, 0) is 25.3 Å². The summed E-state index contributed by atoms with van der Waals surface area (Å²) in [6.07, 6.45) is -0.303. The standard InChI is InChI=1S/C20H26F3N3O2/c1-3-5-17(27)25-8-9-26-15(12-25)7-4-6-13(2)18(28)16-10-14(20(21,22)23)11-24-19(16)26/h10-11,13,15H,3-9,12H2,1-2H3. The number of halogens is 3. The SMILES string of the molecule is CCCC(=O)N1CCN2c3ncc(C(F)(F)F)cc3C(=O)C(C)CCCC2C1. The molecule has 8 heteroatoms. The van der Waals surface area contributed by atoms with Crippen molar-refractivity contribution >= 4 is 17.5 Å². The molecule has 0 aromatic carbocycles. The van der Waals surface area contributed by atoms with E-state index in [9.17, 15) is 22.8 Å². The molecule has 3 heterocycles. The Balaban J connectivity index is 1.98. The lowest BCUT2D eigenvalue weighted by atomic mass is 9.94. The lowest BCUT2D eigenvalue weighted by molar-refractivity contribution is -0.138. The second-order valence-electron chi connectivity index (χ2n) is 7.73. The summed E-state index contributed by atoms with van der Waals surface area (Å²) in [7, 11) is 0. The summed E-state index contributed by atoms with van der Waals surface area (Å²) in [5, 5.41) is 0. The maximum absolute atomic E-state index is 13.2. The third-order valence-corrected chi connectivity index (χ3v) is 5.65. The summed E-state index contributed by atoms with van der Waals surface area (Å²) >= 11 is 0. The number of fused-ring (bicyclic) bond motifs is 3. The molecular weight excluding hydrogens is 371 g/mol. The van der Waals surface area contributed by atoms with Crippen LogP contribution in [0, 0.1) is 5.92 Å². The Labute approximate surface area is 162 Å². The van der Waals surface area contributed by atoms with E-state index < -0.39 is 11.7 Å². The molecule has 154 valence electrons. The molecule has 0 radical (unpaired) electrons. The second kappa shape index (κ2) is 8.09. The number of carbonyl (C=O) groups excluding carboxylic acids is 2. The number of amides is 1. The monoisotopic (exact) mass is 397 g/mol. The first-order valence-corrected chi connectivity index (χ1v) is 9.88. The quantitative estimate of drug-likeness (QED) is 0.759. The number of anilines is 1.